The molecule has 1 heterocycles. The number of hydrogen-bond acceptors (Lipinski definition) is 7. The second-order valence-electron chi connectivity index (χ2n) is 3.49. The molecule has 90 valence electrons. The number of nitrogens with zero attached hydrogens (tertiary/aromatic N) is 3. The molecule has 7 heteroatoms. The van der Waals surface area contributed by atoms with E-state index >= 15 is 0 Å². The predicted octanol–water partition coefficient (Wildman–Crippen LogP) is -1.40. The van der Waals surface area contributed by atoms with Gasteiger partial charge in [-0.2, -0.15) is 9.97 Å². The molecular formula is C9H15N3O4. The van der Waals surface area contributed by atoms with Gasteiger partial charge in [-0.05, 0) is 6.42 Å². The SMILES string of the molecule is OCC(CO)(CO)CCOc1ncncn1. The standard InChI is InChI=1S/C9H15N3O4/c13-3-9(4-14,5-15)1-2-16-8-11-6-10-7-12-8/h6-7,13-15H,1-5H2. The fourth-order valence-electron chi connectivity index (χ4n) is 1.05. The van der Waals surface area contributed by atoms with Gasteiger partial charge in [0.05, 0.1) is 26.4 Å². The van der Waals surface area contributed by atoms with Gasteiger partial charge in [-0.3, -0.25) is 0 Å². The molecule has 0 spiro atoms. The minimum Gasteiger partial charge on any atom is -0.463 e. The highest BCUT2D eigenvalue weighted by molar-refractivity contribution is 4.87. The van der Waals surface area contributed by atoms with Crippen molar-refractivity contribution in [1.29, 1.82) is 0 Å². The van der Waals surface area contributed by atoms with Crippen LogP contribution in [0.2, 0.25) is 0 Å². The Morgan fingerprint density at radius 1 is 1.06 bits per heavy atom. The Morgan fingerprint density at radius 3 is 2.12 bits per heavy atom. The van der Waals surface area contributed by atoms with E-state index in [1.54, 1.807) is 0 Å². The van der Waals surface area contributed by atoms with Crippen LogP contribution in [0.15, 0.2) is 12.7 Å². The van der Waals surface area contributed by atoms with E-state index < -0.39 is 5.41 Å². The van der Waals surface area contributed by atoms with Crippen molar-refractivity contribution >= 4 is 0 Å². The fourth-order valence-corrected chi connectivity index (χ4v) is 1.05. The Hall–Kier alpha value is -1.31. The Morgan fingerprint density at radius 2 is 1.62 bits per heavy atom. The van der Waals surface area contributed by atoms with Crippen LogP contribution in [0.3, 0.4) is 0 Å². The summed E-state index contributed by atoms with van der Waals surface area (Å²) >= 11 is 0. The lowest BCUT2D eigenvalue weighted by Crippen LogP contribution is -2.35. The third-order valence-corrected chi connectivity index (χ3v) is 2.34. The van der Waals surface area contributed by atoms with Gasteiger partial charge in [-0.25, -0.2) is 4.98 Å². The number of ether oxygens (including phenoxy) is 1. The molecule has 16 heavy (non-hydrogen) atoms. The maximum atomic E-state index is 9.06. The molecule has 3 N–H and O–H groups in total. The zero-order chi connectivity index (χ0) is 11.9. The molecular weight excluding hydrogens is 214 g/mol. The molecule has 1 aromatic rings. The average molecular weight is 229 g/mol. The van der Waals surface area contributed by atoms with Crippen LogP contribution >= 0.6 is 0 Å². The van der Waals surface area contributed by atoms with Crippen molar-refractivity contribution in [3.8, 4) is 6.01 Å². The Balaban J connectivity index is 2.39. The molecule has 0 saturated heterocycles. The molecule has 1 rings (SSSR count). The normalized spacial score (nSPS) is 11.4. The first kappa shape index (κ1) is 12.8. The van der Waals surface area contributed by atoms with Gasteiger partial charge in [0.15, 0.2) is 0 Å². The van der Waals surface area contributed by atoms with Crippen molar-refractivity contribution < 1.29 is 20.1 Å². The van der Waals surface area contributed by atoms with Crippen LogP contribution in [0.25, 0.3) is 0 Å². The molecule has 0 saturated carbocycles. The molecule has 0 amide bonds. The van der Waals surface area contributed by atoms with Crippen LogP contribution in [0.4, 0.5) is 0 Å². The van der Waals surface area contributed by atoms with E-state index in [-0.39, 0.29) is 32.4 Å². The Kier molecular flexibility index (Phi) is 5.03. The highest BCUT2D eigenvalue weighted by Gasteiger charge is 2.27. The second kappa shape index (κ2) is 6.31. The summed E-state index contributed by atoms with van der Waals surface area (Å²) in [6.07, 6.45) is 2.92. The van der Waals surface area contributed by atoms with Gasteiger partial charge in [0, 0.05) is 5.41 Å². The van der Waals surface area contributed by atoms with Crippen molar-refractivity contribution in [1.82, 2.24) is 15.0 Å². The molecule has 0 aliphatic heterocycles. The van der Waals surface area contributed by atoms with Crippen molar-refractivity contribution in [2.75, 3.05) is 26.4 Å². The molecule has 7 nitrogen and oxygen atoms in total. The van der Waals surface area contributed by atoms with Gasteiger partial charge in [0.25, 0.3) is 0 Å². The smallest absolute Gasteiger partial charge is 0.319 e. The van der Waals surface area contributed by atoms with Gasteiger partial charge in [-0.15, -0.1) is 0 Å². The van der Waals surface area contributed by atoms with Crippen molar-refractivity contribution in [3.63, 3.8) is 0 Å². The molecule has 0 bridgehead atoms. The molecule has 0 aliphatic rings. The number of aromatic nitrogens is 3. The summed E-state index contributed by atoms with van der Waals surface area (Å²) in [5, 5.41) is 27.2. The quantitative estimate of drug-likeness (QED) is 0.527. The lowest BCUT2D eigenvalue weighted by molar-refractivity contribution is -0.00954. The van der Waals surface area contributed by atoms with Crippen molar-refractivity contribution in [3.05, 3.63) is 12.7 Å². The first-order valence-corrected chi connectivity index (χ1v) is 4.84. The van der Waals surface area contributed by atoms with Crippen LogP contribution in [0, 0.1) is 5.41 Å². The highest BCUT2D eigenvalue weighted by atomic mass is 16.5. The van der Waals surface area contributed by atoms with Crippen LogP contribution < -0.4 is 4.74 Å². The largest absolute Gasteiger partial charge is 0.463 e. The first-order valence-electron chi connectivity index (χ1n) is 4.84. The summed E-state index contributed by atoms with van der Waals surface area (Å²) < 4.78 is 5.17. The van der Waals surface area contributed by atoms with E-state index in [1.165, 1.54) is 12.7 Å². The second-order valence-corrected chi connectivity index (χ2v) is 3.49. The predicted molar refractivity (Wildman–Crippen MR) is 53.6 cm³/mol. The van der Waals surface area contributed by atoms with E-state index in [9.17, 15) is 0 Å². The molecule has 0 aromatic carbocycles. The minimum absolute atomic E-state index is 0.178. The van der Waals surface area contributed by atoms with Crippen LogP contribution in [-0.4, -0.2) is 56.7 Å². The van der Waals surface area contributed by atoms with E-state index in [0.29, 0.717) is 6.42 Å². The number of aliphatic hydroxyl groups is 3. The summed E-state index contributed by atoms with van der Waals surface area (Å²) in [4.78, 5) is 11.1. The van der Waals surface area contributed by atoms with Gasteiger partial charge >= 0.3 is 6.01 Å². The summed E-state index contributed by atoms with van der Waals surface area (Å²) in [6, 6.07) is 0.178. The zero-order valence-electron chi connectivity index (χ0n) is 8.78. The summed E-state index contributed by atoms with van der Waals surface area (Å²) in [5.41, 5.74) is -0.924. The van der Waals surface area contributed by atoms with Gasteiger partial charge < -0.3 is 20.1 Å². The van der Waals surface area contributed by atoms with E-state index in [2.05, 4.69) is 15.0 Å². The molecule has 0 unspecified atom stereocenters. The Labute approximate surface area is 92.8 Å². The van der Waals surface area contributed by atoms with Crippen LogP contribution in [0.5, 0.6) is 6.01 Å². The van der Waals surface area contributed by atoms with Gasteiger partial charge in [-0.1, -0.05) is 0 Å². The Bertz CT molecular complexity index is 284. The van der Waals surface area contributed by atoms with Crippen LogP contribution in [-0.2, 0) is 0 Å². The zero-order valence-corrected chi connectivity index (χ0v) is 8.78. The maximum absolute atomic E-state index is 9.06. The van der Waals surface area contributed by atoms with Crippen molar-refractivity contribution in [2.45, 2.75) is 6.42 Å². The lowest BCUT2D eigenvalue weighted by atomic mass is 9.88. The molecule has 0 fully saturated rings. The fraction of sp³-hybridized carbons (Fsp3) is 0.667. The maximum Gasteiger partial charge on any atom is 0.319 e. The third-order valence-electron chi connectivity index (χ3n) is 2.34. The number of hydrogen-bond donors (Lipinski definition) is 3. The van der Waals surface area contributed by atoms with Gasteiger partial charge in [0.2, 0.25) is 0 Å². The van der Waals surface area contributed by atoms with Crippen molar-refractivity contribution in [2.24, 2.45) is 5.41 Å². The van der Waals surface area contributed by atoms with Gasteiger partial charge in [0.1, 0.15) is 12.7 Å². The molecule has 0 atom stereocenters. The average Bonchev–Trinajstić information content (AvgIpc) is 2.37. The van der Waals surface area contributed by atoms with E-state index in [4.69, 9.17) is 20.1 Å². The van der Waals surface area contributed by atoms with E-state index in [0.717, 1.165) is 0 Å². The van der Waals surface area contributed by atoms with E-state index in [1.807, 2.05) is 0 Å². The molecule has 1 aromatic heterocycles. The first-order chi connectivity index (χ1) is 7.76. The third kappa shape index (κ3) is 3.37. The lowest BCUT2D eigenvalue weighted by Gasteiger charge is -2.26. The molecule has 0 aliphatic carbocycles. The minimum atomic E-state index is -0.924. The summed E-state index contributed by atoms with van der Waals surface area (Å²) in [6.45, 7) is -0.715. The summed E-state index contributed by atoms with van der Waals surface area (Å²) in [7, 11) is 0. The number of aliphatic hydroxyl groups excluding tert-OH is 3. The monoisotopic (exact) mass is 229 g/mol. The summed E-state index contributed by atoms with van der Waals surface area (Å²) in [5.74, 6) is 0. The topological polar surface area (TPSA) is 109 Å². The van der Waals surface area contributed by atoms with Crippen LogP contribution in [0.1, 0.15) is 6.42 Å². The number of rotatable bonds is 7. The molecule has 0 radical (unpaired) electrons. The highest BCUT2D eigenvalue weighted by Crippen LogP contribution is 2.19.